The maximum Gasteiger partial charge on any atom is 0.256 e. The number of aromatic nitrogens is 2. The molecule has 0 spiro atoms. The molecule has 142 valence electrons. The smallest absolute Gasteiger partial charge is 0.256 e. The third-order valence-electron chi connectivity index (χ3n) is 3.78. The fourth-order valence-corrected chi connectivity index (χ4v) is 3.95. The number of benzene rings is 2. The van der Waals surface area contributed by atoms with Crippen LogP contribution >= 0.6 is 23.1 Å². The highest BCUT2D eigenvalue weighted by atomic mass is 32.2. The number of fused-ring (bicyclic) bond motifs is 1. The number of anilines is 1. The Kier molecular flexibility index (Phi) is 5.27. The lowest BCUT2D eigenvalue weighted by Gasteiger charge is -1.99. The number of nitrogens with zero attached hydrogens (tertiary/aromatic N) is 2. The summed E-state index contributed by atoms with van der Waals surface area (Å²) in [5.41, 5.74) is 1.51. The highest BCUT2D eigenvalue weighted by Gasteiger charge is 2.12. The second-order valence-corrected chi connectivity index (χ2v) is 7.64. The normalized spacial score (nSPS) is 10.9. The first-order chi connectivity index (χ1) is 13.6. The van der Waals surface area contributed by atoms with Gasteiger partial charge in [-0.1, -0.05) is 23.1 Å². The number of thiazole rings is 1. The first-order valence-electron chi connectivity index (χ1n) is 8.20. The molecule has 28 heavy (non-hydrogen) atoms. The van der Waals surface area contributed by atoms with E-state index in [1.807, 2.05) is 18.2 Å². The third-order valence-corrected chi connectivity index (χ3v) is 5.56. The number of carbonyl (C=O) groups excluding carboxylic acids is 1. The first-order valence-corrected chi connectivity index (χ1v) is 10.00. The van der Waals surface area contributed by atoms with E-state index in [2.05, 4.69) is 15.3 Å². The van der Waals surface area contributed by atoms with Crippen molar-refractivity contribution in [1.82, 2.24) is 9.97 Å². The summed E-state index contributed by atoms with van der Waals surface area (Å²) in [4.78, 5) is 20.7. The Morgan fingerprint density at radius 2 is 2.11 bits per heavy atom. The summed E-state index contributed by atoms with van der Waals surface area (Å²) in [6.45, 7) is 0. The average Bonchev–Trinajstić information content (AvgIpc) is 3.32. The monoisotopic (exact) mass is 415 g/mol. The van der Waals surface area contributed by atoms with Crippen LogP contribution in [-0.4, -0.2) is 28.7 Å². The van der Waals surface area contributed by atoms with Crippen LogP contribution in [-0.2, 0) is 4.79 Å². The number of methoxy groups -OCH3 is 1. The van der Waals surface area contributed by atoms with Crippen molar-refractivity contribution in [2.45, 2.75) is 5.22 Å². The molecule has 0 saturated heterocycles. The Hall–Kier alpha value is -2.91. The molecule has 6 nitrogen and oxygen atoms in total. The summed E-state index contributed by atoms with van der Waals surface area (Å²) in [7, 11) is 1.60. The number of ether oxygens (including phenoxy) is 1. The van der Waals surface area contributed by atoms with Gasteiger partial charge in [-0.05, 0) is 42.5 Å². The predicted octanol–water partition coefficient (Wildman–Crippen LogP) is 4.83. The molecule has 0 bridgehead atoms. The minimum Gasteiger partial charge on any atom is -0.497 e. The number of nitrogens with one attached hydrogen (secondary N) is 1. The predicted molar refractivity (Wildman–Crippen MR) is 107 cm³/mol. The molecule has 2 aromatic heterocycles. The second-order valence-electron chi connectivity index (χ2n) is 5.69. The number of hydrogen-bond donors (Lipinski definition) is 1. The van der Waals surface area contributed by atoms with E-state index in [4.69, 9.17) is 9.15 Å². The lowest BCUT2D eigenvalue weighted by atomic mass is 10.2. The molecule has 0 aliphatic heterocycles. The zero-order valence-electron chi connectivity index (χ0n) is 14.6. The summed E-state index contributed by atoms with van der Waals surface area (Å²) in [6, 6.07) is 11.5. The third kappa shape index (κ3) is 4.15. The Morgan fingerprint density at radius 1 is 1.29 bits per heavy atom. The lowest BCUT2D eigenvalue weighted by Crippen LogP contribution is -2.13. The SMILES string of the molecule is COc1ccc2nc(NC(=O)CSc3ncc(-c4ccc(F)cc4)o3)sc2c1. The number of hydrogen-bond acceptors (Lipinski definition) is 7. The van der Waals surface area contributed by atoms with Gasteiger partial charge in [0.05, 0.1) is 29.3 Å². The number of rotatable bonds is 6. The molecule has 1 amide bonds. The number of halogens is 1. The van der Waals surface area contributed by atoms with Crippen molar-refractivity contribution in [3.05, 3.63) is 54.5 Å². The molecule has 0 radical (unpaired) electrons. The van der Waals surface area contributed by atoms with Crippen LogP contribution in [0.25, 0.3) is 21.5 Å². The largest absolute Gasteiger partial charge is 0.497 e. The minimum atomic E-state index is -0.317. The van der Waals surface area contributed by atoms with Gasteiger partial charge >= 0.3 is 0 Å². The summed E-state index contributed by atoms with van der Waals surface area (Å²) in [5.74, 6) is 0.858. The van der Waals surface area contributed by atoms with Crippen molar-refractivity contribution in [3.8, 4) is 17.1 Å². The van der Waals surface area contributed by atoms with Gasteiger partial charge in [0.1, 0.15) is 11.6 Å². The topological polar surface area (TPSA) is 77.2 Å². The van der Waals surface area contributed by atoms with Crippen molar-refractivity contribution in [2.24, 2.45) is 0 Å². The van der Waals surface area contributed by atoms with Gasteiger partial charge < -0.3 is 14.5 Å². The van der Waals surface area contributed by atoms with E-state index in [1.54, 1.807) is 25.4 Å². The molecule has 9 heteroatoms. The maximum atomic E-state index is 13.0. The Balaban J connectivity index is 1.36. The van der Waals surface area contributed by atoms with Crippen LogP contribution in [0.3, 0.4) is 0 Å². The van der Waals surface area contributed by atoms with Crippen LogP contribution in [0.15, 0.2) is 58.3 Å². The zero-order valence-corrected chi connectivity index (χ0v) is 16.3. The molecule has 0 unspecified atom stereocenters. The standard InChI is InChI=1S/C19H14FN3O3S2/c1-25-13-6-7-14-16(8-13)28-18(22-14)23-17(24)10-27-19-21-9-15(26-19)11-2-4-12(20)5-3-11/h2-9H,10H2,1H3,(H,22,23,24). The number of thioether (sulfide) groups is 1. The highest BCUT2D eigenvalue weighted by Crippen LogP contribution is 2.30. The molecule has 2 aromatic carbocycles. The molecule has 0 aliphatic carbocycles. The molecule has 0 fully saturated rings. The number of oxazole rings is 1. The summed E-state index contributed by atoms with van der Waals surface area (Å²) >= 11 is 2.55. The Bertz CT molecular complexity index is 1130. The fraction of sp³-hybridized carbons (Fsp3) is 0.105. The molecule has 2 heterocycles. The van der Waals surface area contributed by atoms with E-state index >= 15 is 0 Å². The van der Waals surface area contributed by atoms with Gasteiger partial charge in [-0.25, -0.2) is 14.4 Å². The molecule has 0 saturated carbocycles. The fourth-order valence-electron chi connectivity index (χ4n) is 2.44. The Labute approximate surface area is 167 Å². The molecule has 4 rings (SSSR count). The average molecular weight is 415 g/mol. The van der Waals surface area contributed by atoms with Gasteiger partial charge in [-0.2, -0.15) is 0 Å². The lowest BCUT2D eigenvalue weighted by molar-refractivity contribution is -0.113. The van der Waals surface area contributed by atoms with Crippen molar-refractivity contribution < 1.29 is 18.3 Å². The van der Waals surface area contributed by atoms with Crippen molar-refractivity contribution >= 4 is 44.4 Å². The van der Waals surface area contributed by atoms with Gasteiger partial charge in [-0.15, -0.1) is 0 Å². The molecule has 4 aromatic rings. The van der Waals surface area contributed by atoms with Gasteiger partial charge in [0.15, 0.2) is 10.9 Å². The summed E-state index contributed by atoms with van der Waals surface area (Å²) in [6.07, 6.45) is 1.55. The van der Waals surface area contributed by atoms with Crippen LogP contribution in [0.1, 0.15) is 0 Å². The van der Waals surface area contributed by atoms with E-state index in [0.29, 0.717) is 16.1 Å². The van der Waals surface area contributed by atoms with Gasteiger partial charge in [0.25, 0.3) is 5.22 Å². The van der Waals surface area contributed by atoms with Gasteiger partial charge in [-0.3, -0.25) is 4.79 Å². The maximum absolute atomic E-state index is 13.0. The van der Waals surface area contributed by atoms with Crippen LogP contribution < -0.4 is 10.1 Å². The second kappa shape index (κ2) is 7.99. The molecular weight excluding hydrogens is 401 g/mol. The van der Waals surface area contributed by atoms with Crippen LogP contribution in [0, 0.1) is 5.82 Å². The summed E-state index contributed by atoms with van der Waals surface area (Å²) < 4.78 is 24.7. The van der Waals surface area contributed by atoms with Crippen LogP contribution in [0.2, 0.25) is 0 Å². The van der Waals surface area contributed by atoms with Crippen molar-refractivity contribution in [2.75, 3.05) is 18.2 Å². The quantitative estimate of drug-likeness (QED) is 0.455. The molecule has 1 N–H and O–H groups in total. The number of amides is 1. The van der Waals surface area contributed by atoms with Crippen molar-refractivity contribution in [1.29, 1.82) is 0 Å². The minimum absolute atomic E-state index is 0.128. The van der Waals surface area contributed by atoms with E-state index < -0.39 is 0 Å². The van der Waals surface area contributed by atoms with E-state index in [-0.39, 0.29) is 17.5 Å². The number of carbonyl (C=O) groups is 1. The van der Waals surface area contributed by atoms with Crippen LogP contribution in [0.4, 0.5) is 9.52 Å². The van der Waals surface area contributed by atoms with Crippen LogP contribution in [0.5, 0.6) is 5.75 Å². The zero-order chi connectivity index (χ0) is 19.5. The summed E-state index contributed by atoms with van der Waals surface area (Å²) in [5, 5.41) is 3.67. The molecular formula is C19H14FN3O3S2. The van der Waals surface area contributed by atoms with Gasteiger partial charge in [0, 0.05) is 5.56 Å². The van der Waals surface area contributed by atoms with Crippen molar-refractivity contribution in [3.63, 3.8) is 0 Å². The molecule has 0 atom stereocenters. The van der Waals surface area contributed by atoms with Gasteiger partial charge in [0.2, 0.25) is 5.91 Å². The van der Waals surface area contributed by atoms with E-state index in [0.717, 1.165) is 21.5 Å². The highest BCUT2D eigenvalue weighted by molar-refractivity contribution is 7.99. The van der Waals surface area contributed by atoms with E-state index in [1.165, 1.54) is 35.2 Å². The Morgan fingerprint density at radius 3 is 2.89 bits per heavy atom. The van der Waals surface area contributed by atoms with E-state index in [9.17, 15) is 9.18 Å². The first kappa shape index (κ1) is 18.5. The molecule has 0 aliphatic rings.